The van der Waals surface area contributed by atoms with Crippen LogP contribution in [0.3, 0.4) is 0 Å². The van der Waals surface area contributed by atoms with Gasteiger partial charge in [0.05, 0.1) is 30.9 Å². The molecule has 1 N–H and O–H groups in total. The number of carbonyl (C=O) groups excluding carboxylic acids is 1. The molecule has 3 aromatic rings. The summed E-state index contributed by atoms with van der Waals surface area (Å²) in [7, 11) is -3.52. The van der Waals surface area contributed by atoms with Gasteiger partial charge in [-0.15, -0.1) is 0 Å². The van der Waals surface area contributed by atoms with E-state index in [0.717, 1.165) is 11.1 Å². The van der Waals surface area contributed by atoms with Gasteiger partial charge in [0.1, 0.15) is 5.82 Å². The van der Waals surface area contributed by atoms with Crippen molar-refractivity contribution in [2.24, 2.45) is 0 Å². The van der Waals surface area contributed by atoms with Crippen LogP contribution < -0.4 is 5.32 Å². The van der Waals surface area contributed by atoms with Gasteiger partial charge in [0.2, 0.25) is 15.9 Å². The average Bonchev–Trinajstić information content (AvgIpc) is 3.26. The Morgan fingerprint density at radius 2 is 1.79 bits per heavy atom. The van der Waals surface area contributed by atoms with Crippen LogP contribution in [-0.4, -0.2) is 54.7 Å². The number of hydrogen-bond acceptors (Lipinski definition) is 5. The zero-order chi connectivity index (χ0) is 23.3. The van der Waals surface area contributed by atoms with Gasteiger partial charge in [-0.3, -0.25) is 4.79 Å². The fourth-order valence-corrected chi connectivity index (χ4v) is 5.18. The van der Waals surface area contributed by atoms with Crippen molar-refractivity contribution in [1.82, 2.24) is 14.1 Å². The van der Waals surface area contributed by atoms with E-state index in [4.69, 9.17) is 16.3 Å². The lowest BCUT2D eigenvalue weighted by molar-refractivity contribution is -0.116. The summed E-state index contributed by atoms with van der Waals surface area (Å²) in [6.07, 6.45) is 2.37. The molecule has 0 spiro atoms. The molecule has 0 radical (unpaired) electrons. The minimum absolute atomic E-state index is 0.152. The number of hydrogen-bond donors (Lipinski definition) is 1. The molecule has 174 valence electrons. The van der Waals surface area contributed by atoms with Crippen LogP contribution in [-0.2, 0) is 32.5 Å². The van der Waals surface area contributed by atoms with Crippen molar-refractivity contribution in [3.8, 4) is 0 Å². The van der Waals surface area contributed by atoms with Crippen molar-refractivity contribution >= 4 is 33.3 Å². The van der Waals surface area contributed by atoms with Gasteiger partial charge in [0, 0.05) is 30.6 Å². The van der Waals surface area contributed by atoms with E-state index in [-0.39, 0.29) is 17.2 Å². The third-order valence-electron chi connectivity index (χ3n) is 5.43. The molecule has 10 heteroatoms. The standard InChI is InChI=1S/C23H25ClN4O4S/c24-21-4-2-1-3-19(21)17-28-22(11-12-25-28)26-23(29)10-7-18-5-8-20(9-6-18)33(30,31)27-13-15-32-16-14-27/h1-6,8-9,11-12H,7,10,13-17H2,(H,26,29). The van der Waals surface area contributed by atoms with E-state index in [9.17, 15) is 13.2 Å². The number of sulfonamides is 1. The number of carbonyl (C=O) groups is 1. The second-order valence-electron chi connectivity index (χ2n) is 7.67. The summed E-state index contributed by atoms with van der Waals surface area (Å²) in [5.74, 6) is 0.438. The summed E-state index contributed by atoms with van der Waals surface area (Å²) < 4.78 is 33.8. The van der Waals surface area contributed by atoms with Gasteiger partial charge in [-0.1, -0.05) is 41.9 Å². The predicted octanol–water partition coefficient (Wildman–Crippen LogP) is 3.18. The van der Waals surface area contributed by atoms with E-state index in [0.29, 0.717) is 50.1 Å². The first-order valence-corrected chi connectivity index (χ1v) is 12.5. The largest absolute Gasteiger partial charge is 0.379 e. The fourth-order valence-electron chi connectivity index (χ4n) is 3.58. The average molecular weight is 489 g/mol. The maximum atomic E-state index is 12.7. The molecule has 0 bridgehead atoms. The van der Waals surface area contributed by atoms with Crippen molar-refractivity contribution in [3.05, 3.63) is 76.9 Å². The van der Waals surface area contributed by atoms with Crippen LogP contribution in [0.2, 0.25) is 5.02 Å². The summed E-state index contributed by atoms with van der Waals surface area (Å²) >= 11 is 6.23. The maximum Gasteiger partial charge on any atom is 0.243 e. The molecule has 1 saturated heterocycles. The Hall–Kier alpha value is -2.72. The summed E-state index contributed by atoms with van der Waals surface area (Å²) in [6.45, 7) is 1.98. The highest BCUT2D eigenvalue weighted by Gasteiger charge is 2.26. The van der Waals surface area contributed by atoms with E-state index < -0.39 is 10.0 Å². The monoisotopic (exact) mass is 488 g/mol. The molecule has 0 saturated carbocycles. The summed E-state index contributed by atoms with van der Waals surface area (Å²) in [5, 5.41) is 7.80. The molecular weight excluding hydrogens is 464 g/mol. The van der Waals surface area contributed by atoms with Gasteiger partial charge >= 0.3 is 0 Å². The Balaban J connectivity index is 1.33. The number of nitrogens with zero attached hydrogens (tertiary/aromatic N) is 3. The lowest BCUT2D eigenvalue weighted by atomic mass is 10.1. The molecule has 0 atom stereocenters. The van der Waals surface area contributed by atoms with Crippen molar-refractivity contribution in [1.29, 1.82) is 0 Å². The number of ether oxygens (including phenoxy) is 1. The first-order chi connectivity index (χ1) is 15.9. The molecule has 4 rings (SSSR count). The zero-order valence-corrected chi connectivity index (χ0v) is 19.6. The van der Waals surface area contributed by atoms with Crippen molar-refractivity contribution in [2.45, 2.75) is 24.3 Å². The van der Waals surface area contributed by atoms with Gasteiger partial charge in [-0.25, -0.2) is 13.1 Å². The molecule has 1 amide bonds. The number of anilines is 1. The molecule has 2 heterocycles. The van der Waals surface area contributed by atoms with Crippen LogP contribution in [0.4, 0.5) is 5.82 Å². The highest BCUT2D eigenvalue weighted by molar-refractivity contribution is 7.89. The summed E-state index contributed by atoms with van der Waals surface area (Å²) in [6, 6.07) is 15.9. The lowest BCUT2D eigenvalue weighted by Gasteiger charge is -2.26. The molecule has 2 aromatic carbocycles. The van der Waals surface area contributed by atoms with Crippen molar-refractivity contribution in [2.75, 3.05) is 31.6 Å². The Bertz CT molecular complexity index is 1210. The molecule has 33 heavy (non-hydrogen) atoms. The predicted molar refractivity (Wildman–Crippen MR) is 126 cm³/mol. The normalized spacial score (nSPS) is 14.8. The van der Waals surface area contributed by atoms with Crippen LogP contribution in [0, 0.1) is 0 Å². The smallest absolute Gasteiger partial charge is 0.243 e. The lowest BCUT2D eigenvalue weighted by Crippen LogP contribution is -2.40. The molecule has 1 aliphatic rings. The quantitative estimate of drug-likeness (QED) is 0.525. The fraction of sp³-hybridized carbons (Fsp3) is 0.304. The van der Waals surface area contributed by atoms with E-state index in [1.807, 2.05) is 24.3 Å². The van der Waals surface area contributed by atoms with Crippen LogP contribution in [0.5, 0.6) is 0 Å². The topological polar surface area (TPSA) is 93.5 Å². The van der Waals surface area contributed by atoms with Gasteiger partial charge in [0.25, 0.3) is 0 Å². The Kier molecular flexibility index (Phi) is 7.44. The second kappa shape index (κ2) is 10.5. The second-order valence-corrected chi connectivity index (χ2v) is 10.0. The minimum Gasteiger partial charge on any atom is -0.379 e. The van der Waals surface area contributed by atoms with Crippen LogP contribution in [0.15, 0.2) is 65.7 Å². The van der Waals surface area contributed by atoms with Crippen molar-refractivity contribution in [3.63, 3.8) is 0 Å². The molecular formula is C23H25ClN4O4S. The number of halogens is 1. The highest BCUT2D eigenvalue weighted by atomic mass is 35.5. The van der Waals surface area contributed by atoms with Crippen LogP contribution >= 0.6 is 11.6 Å². The highest BCUT2D eigenvalue weighted by Crippen LogP contribution is 2.20. The zero-order valence-electron chi connectivity index (χ0n) is 18.0. The number of nitrogens with one attached hydrogen (secondary N) is 1. The number of aryl methyl sites for hydroxylation is 1. The molecule has 1 aromatic heterocycles. The molecule has 8 nitrogen and oxygen atoms in total. The Morgan fingerprint density at radius 3 is 2.52 bits per heavy atom. The Morgan fingerprint density at radius 1 is 1.06 bits per heavy atom. The number of morpholine rings is 1. The van der Waals surface area contributed by atoms with Crippen LogP contribution in [0.25, 0.3) is 0 Å². The summed E-state index contributed by atoms with van der Waals surface area (Å²) in [5.41, 5.74) is 1.79. The number of aromatic nitrogens is 2. The van der Waals surface area contributed by atoms with E-state index in [2.05, 4.69) is 10.4 Å². The van der Waals surface area contributed by atoms with Gasteiger partial charge < -0.3 is 10.1 Å². The van der Waals surface area contributed by atoms with Gasteiger partial charge in [-0.05, 0) is 35.7 Å². The van der Waals surface area contributed by atoms with Crippen molar-refractivity contribution < 1.29 is 17.9 Å². The third-order valence-corrected chi connectivity index (χ3v) is 7.72. The summed E-state index contributed by atoms with van der Waals surface area (Å²) in [4.78, 5) is 12.7. The van der Waals surface area contributed by atoms with Crippen LogP contribution in [0.1, 0.15) is 17.5 Å². The molecule has 0 aliphatic carbocycles. The first-order valence-electron chi connectivity index (χ1n) is 10.7. The third kappa shape index (κ3) is 5.80. The number of amides is 1. The molecule has 1 aliphatic heterocycles. The van der Waals surface area contributed by atoms with E-state index in [1.165, 1.54) is 4.31 Å². The molecule has 0 unspecified atom stereocenters. The first kappa shape index (κ1) is 23.4. The SMILES string of the molecule is O=C(CCc1ccc(S(=O)(=O)N2CCOCC2)cc1)Nc1ccnn1Cc1ccccc1Cl. The van der Waals surface area contributed by atoms with Gasteiger partial charge in [-0.2, -0.15) is 9.40 Å². The maximum absolute atomic E-state index is 12.7. The minimum atomic E-state index is -3.52. The van der Waals surface area contributed by atoms with E-state index in [1.54, 1.807) is 41.2 Å². The van der Waals surface area contributed by atoms with Gasteiger partial charge in [0.15, 0.2) is 0 Å². The van der Waals surface area contributed by atoms with E-state index >= 15 is 0 Å². The number of rotatable bonds is 8. The molecule has 1 fully saturated rings. The Labute approximate surface area is 198 Å². The number of benzene rings is 2.